The van der Waals surface area contributed by atoms with Crippen LogP contribution in [-0.4, -0.2) is 36.6 Å². The largest absolute Gasteiger partial charge is 0.496 e. The predicted octanol–water partition coefficient (Wildman–Crippen LogP) is 4.11. The van der Waals surface area contributed by atoms with Crippen LogP contribution in [0.4, 0.5) is 0 Å². The summed E-state index contributed by atoms with van der Waals surface area (Å²) in [5.41, 5.74) is 1.71. The lowest BCUT2D eigenvalue weighted by molar-refractivity contribution is -0.0719. The van der Waals surface area contributed by atoms with Crippen molar-refractivity contribution in [1.82, 2.24) is 0 Å². The van der Waals surface area contributed by atoms with Crippen LogP contribution in [0.3, 0.4) is 0 Å². The highest BCUT2D eigenvalue weighted by atomic mass is 16.7. The lowest BCUT2D eigenvalue weighted by Gasteiger charge is -2.24. The van der Waals surface area contributed by atoms with Gasteiger partial charge in [-0.25, -0.2) is 4.79 Å². The standard InChI is InChI=1S/C24H32O6/c1-12(11-22(6)21-23(7,30-21)16(5)28-22)10-13(2)18-24(8,29-18)19-14(3)17(26-9)15(4)20(25)27-19/h10-11,16,18,21H,1-9H3/t16-,18+,21+,22-,23-,24+/m0/s1. The topological polar surface area (TPSA) is 73.7 Å². The van der Waals surface area contributed by atoms with E-state index >= 15 is 0 Å². The second kappa shape index (κ2) is 6.55. The Morgan fingerprint density at radius 2 is 1.73 bits per heavy atom. The monoisotopic (exact) mass is 416 g/mol. The Morgan fingerprint density at radius 1 is 1.07 bits per heavy atom. The van der Waals surface area contributed by atoms with Gasteiger partial charge in [0.2, 0.25) is 0 Å². The summed E-state index contributed by atoms with van der Waals surface area (Å²) in [5, 5.41) is 0. The van der Waals surface area contributed by atoms with Gasteiger partial charge >= 0.3 is 5.63 Å². The molecule has 0 aliphatic carbocycles. The summed E-state index contributed by atoms with van der Waals surface area (Å²) in [7, 11) is 1.56. The first kappa shape index (κ1) is 21.3. The molecule has 3 aliphatic heterocycles. The van der Waals surface area contributed by atoms with Gasteiger partial charge in [-0.05, 0) is 67.0 Å². The number of fused-ring (bicyclic) bond motifs is 1. The van der Waals surface area contributed by atoms with E-state index in [4.69, 9.17) is 23.4 Å². The highest BCUT2D eigenvalue weighted by molar-refractivity contribution is 5.45. The molecule has 3 saturated heterocycles. The van der Waals surface area contributed by atoms with Crippen LogP contribution in [0.25, 0.3) is 0 Å². The van der Waals surface area contributed by atoms with Crippen LogP contribution in [0.5, 0.6) is 5.75 Å². The van der Waals surface area contributed by atoms with Gasteiger partial charge in [0.05, 0.1) is 18.8 Å². The Kier molecular flexibility index (Phi) is 4.66. The molecule has 0 N–H and O–H groups in total. The van der Waals surface area contributed by atoms with Crippen LogP contribution in [0.15, 0.2) is 32.5 Å². The predicted molar refractivity (Wildman–Crippen MR) is 113 cm³/mol. The van der Waals surface area contributed by atoms with Gasteiger partial charge in [0.15, 0.2) is 5.60 Å². The van der Waals surface area contributed by atoms with Crippen LogP contribution in [-0.2, 0) is 19.8 Å². The first-order valence-corrected chi connectivity index (χ1v) is 10.5. The second-order valence-corrected chi connectivity index (χ2v) is 9.51. The van der Waals surface area contributed by atoms with Gasteiger partial charge in [-0.1, -0.05) is 11.6 Å². The Balaban J connectivity index is 1.58. The van der Waals surface area contributed by atoms with E-state index in [1.165, 1.54) is 0 Å². The molecule has 1 aromatic heterocycles. The molecule has 6 atom stereocenters. The molecular formula is C24H32O6. The van der Waals surface area contributed by atoms with Crippen molar-refractivity contribution in [3.05, 3.63) is 50.6 Å². The molecule has 3 aliphatic rings. The summed E-state index contributed by atoms with van der Waals surface area (Å²) in [6, 6.07) is 0. The minimum Gasteiger partial charge on any atom is -0.496 e. The summed E-state index contributed by atoms with van der Waals surface area (Å²) in [6.07, 6.45) is 4.22. The Morgan fingerprint density at radius 3 is 2.27 bits per heavy atom. The number of epoxide rings is 2. The molecule has 6 heteroatoms. The highest BCUT2D eigenvalue weighted by Gasteiger charge is 2.71. The average molecular weight is 417 g/mol. The van der Waals surface area contributed by atoms with Gasteiger partial charge < -0.3 is 23.4 Å². The van der Waals surface area contributed by atoms with Gasteiger partial charge in [0, 0.05) is 5.56 Å². The number of hydrogen-bond acceptors (Lipinski definition) is 6. The number of rotatable bonds is 5. The van der Waals surface area contributed by atoms with E-state index in [9.17, 15) is 4.79 Å². The summed E-state index contributed by atoms with van der Waals surface area (Å²) in [4.78, 5) is 12.3. The minimum absolute atomic E-state index is 0.0686. The smallest absolute Gasteiger partial charge is 0.342 e. The van der Waals surface area contributed by atoms with E-state index < -0.39 is 16.8 Å². The molecule has 0 radical (unpaired) electrons. The zero-order valence-corrected chi connectivity index (χ0v) is 19.3. The molecule has 30 heavy (non-hydrogen) atoms. The second-order valence-electron chi connectivity index (χ2n) is 9.51. The van der Waals surface area contributed by atoms with Crippen molar-refractivity contribution in [2.24, 2.45) is 0 Å². The van der Waals surface area contributed by atoms with E-state index in [0.717, 1.165) is 16.7 Å². The van der Waals surface area contributed by atoms with E-state index in [2.05, 4.69) is 39.8 Å². The maximum absolute atomic E-state index is 12.3. The molecule has 0 amide bonds. The summed E-state index contributed by atoms with van der Waals surface area (Å²) < 4.78 is 29.2. The molecule has 4 rings (SSSR count). The van der Waals surface area contributed by atoms with Crippen molar-refractivity contribution in [3.8, 4) is 5.75 Å². The fraction of sp³-hybridized carbons (Fsp3) is 0.625. The fourth-order valence-corrected chi connectivity index (χ4v) is 5.23. The van der Waals surface area contributed by atoms with Gasteiger partial charge in [0.1, 0.15) is 34.9 Å². The molecule has 0 bridgehead atoms. The molecule has 164 valence electrons. The van der Waals surface area contributed by atoms with Crippen molar-refractivity contribution in [2.45, 2.75) is 90.5 Å². The SMILES string of the molecule is COc1c(C)c([C@]2(C)O[C@@H]2C(C)=CC(C)=C[C@]2(C)O[C@@H](C)[C@]3(C)O[C@@H]32)oc(=O)c1C. The Bertz CT molecular complexity index is 1020. The van der Waals surface area contributed by atoms with Crippen LogP contribution in [0.2, 0.25) is 0 Å². The molecule has 0 unspecified atom stereocenters. The fourth-order valence-electron chi connectivity index (χ4n) is 5.23. The van der Waals surface area contributed by atoms with Crippen LogP contribution >= 0.6 is 0 Å². The van der Waals surface area contributed by atoms with E-state index in [-0.39, 0.29) is 23.9 Å². The summed E-state index contributed by atoms with van der Waals surface area (Å²) >= 11 is 0. The van der Waals surface area contributed by atoms with Gasteiger partial charge in [-0.2, -0.15) is 0 Å². The molecule has 0 spiro atoms. The third-order valence-electron chi connectivity index (χ3n) is 6.96. The number of hydrogen-bond donors (Lipinski definition) is 0. The molecule has 3 fully saturated rings. The average Bonchev–Trinajstić information content (AvgIpc) is 3.52. The summed E-state index contributed by atoms with van der Waals surface area (Å²) in [5.74, 6) is 1.08. The lowest BCUT2D eigenvalue weighted by Crippen LogP contribution is -2.30. The quantitative estimate of drug-likeness (QED) is 0.531. The zero-order valence-electron chi connectivity index (χ0n) is 19.3. The summed E-state index contributed by atoms with van der Waals surface area (Å²) in [6.45, 7) is 15.9. The normalized spacial score (nSPS) is 40.4. The Hall–Kier alpha value is -1.89. The molecule has 0 saturated carbocycles. The van der Waals surface area contributed by atoms with Crippen molar-refractivity contribution < 1.29 is 23.4 Å². The number of allylic oxidation sites excluding steroid dienone is 2. The van der Waals surface area contributed by atoms with Crippen molar-refractivity contribution >= 4 is 0 Å². The number of ether oxygens (including phenoxy) is 4. The minimum atomic E-state index is -0.689. The third kappa shape index (κ3) is 3.00. The first-order chi connectivity index (χ1) is 13.9. The maximum Gasteiger partial charge on any atom is 0.342 e. The van der Waals surface area contributed by atoms with E-state index in [1.54, 1.807) is 14.0 Å². The lowest BCUT2D eigenvalue weighted by atomic mass is 9.91. The van der Waals surface area contributed by atoms with Gasteiger partial charge in [0.25, 0.3) is 0 Å². The molecule has 1 aromatic rings. The zero-order chi connectivity index (χ0) is 22.2. The van der Waals surface area contributed by atoms with Crippen molar-refractivity contribution in [1.29, 1.82) is 0 Å². The third-order valence-corrected chi connectivity index (χ3v) is 6.96. The molecule has 4 heterocycles. The van der Waals surface area contributed by atoms with Crippen molar-refractivity contribution in [3.63, 3.8) is 0 Å². The molecule has 0 aromatic carbocycles. The van der Waals surface area contributed by atoms with Crippen molar-refractivity contribution in [2.75, 3.05) is 7.11 Å². The van der Waals surface area contributed by atoms with Crippen LogP contribution in [0, 0.1) is 13.8 Å². The van der Waals surface area contributed by atoms with Crippen LogP contribution in [0.1, 0.15) is 58.4 Å². The molecule has 6 nitrogen and oxygen atoms in total. The Labute approximate surface area is 177 Å². The number of methoxy groups -OCH3 is 1. The van der Waals surface area contributed by atoms with Gasteiger partial charge in [-0.3, -0.25) is 0 Å². The van der Waals surface area contributed by atoms with Gasteiger partial charge in [-0.15, -0.1) is 0 Å². The van der Waals surface area contributed by atoms with E-state index in [0.29, 0.717) is 17.1 Å². The maximum atomic E-state index is 12.3. The highest BCUT2D eigenvalue weighted by Crippen LogP contribution is 2.56. The van der Waals surface area contributed by atoms with E-state index in [1.807, 2.05) is 20.8 Å². The molecular weight excluding hydrogens is 384 g/mol. The van der Waals surface area contributed by atoms with Crippen LogP contribution < -0.4 is 10.4 Å². The first-order valence-electron chi connectivity index (χ1n) is 10.5.